The third-order valence-electron chi connectivity index (χ3n) is 9.72. The number of likely N-dealkylation sites (tertiary alicyclic amines) is 1. The summed E-state index contributed by atoms with van der Waals surface area (Å²) >= 11 is 0. The first-order valence-electron chi connectivity index (χ1n) is 20.5. The number of hydrogen-bond donors (Lipinski definition) is 1. The van der Waals surface area contributed by atoms with E-state index in [2.05, 4.69) is 14.7 Å². The van der Waals surface area contributed by atoms with E-state index >= 15 is 8.78 Å². The van der Waals surface area contributed by atoms with E-state index in [4.69, 9.17) is 28.7 Å². The lowest BCUT2D eigenvalue weighted by Crippen LogP contribution is -2.46. The summed E-state index contributed by atoms with van der Waals surface area (Å²) in [4.78, 5) is 41.8. The van der Waals surface area contributed by atoms with Gasteiger partial charge in [0.1, 0.15) is 29.3 Å². The summed E-state index contributed by atoms with van der Waals surface area (Å²) in [7, 11) is -1.92. The number of fused-ring (bicyclic) bond motifs is 1. The van der Waals surface area contributed by atoms with Gasteiger partial charge in [0.05, 0.1) is 88.2 Å². The van der Waals surface area contributed by atoms with Crippen molar-refractivity contribution in [2.75, 3.05) is 88.4 Å². The summed E-state index contributed by atoms with van der Waals surface area (Å²) in [5.41, 5.74) is 0.588. The maximum Gasteiger partial charge on any atom is 0.308 e. The molecule has 1 N–H and O–H groups in total. The zero-order chi connectivity index (χ0) is 44.0. The molecule has 1 aliphatic heterocycles. The zero-order valence-electron chi connectivity index (χ0n) is 35.5. The van der Waals surface area contributed by atoms with Gasteiger partial charge in [-0.1, -0.05) is 6.92 Å². The molecule has 1 aromatic carbocycles. The zero-order valence-corrected chi connectivity index (χ0v) is 36.3. The van der Waals surface area contributed by atoms with E-state index in [1.165, 1.54) is 10.9 Å². The molecule has 19 heteroatoms. The Bertz CT molecular complexity index is 2160. The molecule has 0 radical (unpaired) electrons. The summed E-state index contributed by atoms with van der Waals surface area (Å²) in [5.74, 6) is -1.83. The Morgan fingerprint density at radius 1 is 0.885 bits per heavy atom. The average molecular weight is 874 g/mol. The van der Waals surface area contributed by atoms with E-state index in [9.17, 15) is 18.0 Å². The Labute approximate surface area is 355 Å². The first-order valence-corrected chi connectivity index (χ1v) is 22.1. The van der Waals surface area contributed by atoms with Gasteiger partial charge in [0.2, 0.25) is 15.9 Å². The number of piperidine rings is 1. The van der Waals surface area contributed by atoms with Crippen molar-refractivity contribution >= 4 is 44.4 Å². The largest absolute Gasteiger partial charge is 0.460 e. The normalized spacial score (nSPS) is 13.8. The van der Waals surface area contributed by atoms with Crippen molar-refractivity contribution in [1.82, 2.24) is 24.4 Å². The maximum absolute atomic E-state index is 16.0. The van der Waals surface area contributed by atoms with Crippen molar-refractivity contribution in [3.8, 4) is 16.8 Å². The van der Waals surface area contributed by atoms with Crippen molar-refractivity contribution in [3.63, 3.8) is 0 Å². The van der Waals surface area contributed by atoms with Crippen molar-refractivity contribution in [2.24, 2.45) is 0 Å². The average Bonchev–Trinajstić information content (AvgIpc) is 3.59. The van der Waals surface area contributed by atoms with E-state index in [1.54, 1.807) is 37.6 Å². The molecule has 1 aliphatic rings. The molecule has 1 fully saturated rings. The Kier molecular flexibility index (Phi) is 17.3. The fourth-order valence-electron chi connectivity index (χ4n) is 6.77. The van der Waals surface area contributed by atoms with Crippen LogP contribution >= 0.6 is 0 Å². The lowest BCUT2D eigenvalue weighted by molar-refractivity contribution is -0.156. The number of esters is 1. The molecule has 334 valence electrons. The number of carbonyl (C=O) groups is 2. The number of carbonyl (C=O) groups excluding carboxylic acids is 2. The molecule has 0 spiro atoms. The molecule has 0 saturated carbocycles. The molecule has 1 amide bonds. The highest BCUT2D eigenvalue weighted by atomic mass is 32.2. The number of hydrogen-bond acceptors (Lipinski definition) is 13. The monoisotopic (exact) mass is 873 g/mol. The van der Waals surface area contributed by atoms with Crippen LogP contribution in [0.25, 0.3) is 27.8 Å². The predicted molar refractivity (Wildman–Crippen MR) is 226 cm³/mol. The Hall–Kier alpha value is -4.82. The second kappa shape index (κ2) is 22.3. The van der Waals surface area contributed by atoms with E-state index < -0.39 is 32.9 Å². The van der Waals surface area contributed by atoms with Crippen LogP contribution < -0.4 is 9.62 Å². The SMILES string of the molecule is CCCS(=O)(=O)Nc1ccc(F)c(-n2cc(-c3cncnc3)c3nc(N(C)C4CCN(C(=O)CCOCCOCCOCCOCCC(=O)OC(C)(C)C)CC4)ccc32)c1F. The third-order valence-corrected chi connectivity index (χ3v) is 11.2. The molecule has 0 aliphatic carbocycles. The van der Waals surface area contributed by atoms with Crippen LogP contribution in [-0.2, 0) is 43.3 Å². The van der Waals surface area contributed by atoms with Crippen LogP contribution in [0.4, 0.5) is 20.3 Å². The van der Waals surface area contributed by atoms with Gasteiger partial charge in [0.25, 0.3) is 0 Å². The second-order valence-corrected chi connectivity index (χ2v) is 17.4. The minimum absolute atomic E-state index is 0.0148. The van der Waals surface area contributed by atoms with Crippen LogP contribution in [0.5, 0.6) is 0 Å². The highest BCUT2D eigenvalue weighted by molar-refractivity contribution is 7.92. The number of halogens is 2. The molecular formula is C42H57F2N7O9S. The molecule has 0 unspecified atom stereocenters. The minimum atomic E-state index is -3.85. The number of nitrogens with one attached hydrogen (secondary N) is 1. The molecule has 16 nitrogen and oxygen atoms in total. The first kappa shape index (κ1) is 47.2. The van der Waals surface area contributed by atoms with Crippen molar-refractivity contribution in [1.29, 1.82) is 0 Å². The van der Waals surface area contributed by atoms with Gasteiger partial charge in [0, 0.05) is 55.9 Å². The summed E-state index contributed by atoms with van der Waals surface area (Å²) < 4.78 is 87.2. The number of aromatic nitrogens is 4. The van der Waals surface area contributed by atoms with Crippen LogP contribution in [-0.4, -0.2) is 135 Å². The Balaban J connectivity index is 1.08. The molecule has 4 aromatic rings. The maximum atomic E-state index is 16.0. The number of anilines is 2. The van der Waals surface area contributed by atoms with Crippen LogP contribution in [0.2, 0.25) is 0 Å². The first-order chi connectivity index (χ1) is 29.2. The predicted octanol–water partition coefficient (Wildman–Crippen LogP) is 5.53. The lowest BCUT2D eigenvalue weighted by Gasteiger charge is -2.37. The summed E-state index contributed by atoms with van der Waals surface area (Å²) in [6.07, 6.45) is 8.25. The van der Waals surface area contributed by atoms with Crippen LogP contribution in [0.1, 0.15) is 59.8 Å². The van der Waals surface area contributed by atoms with Gasteiger partial charge in [0.15, 0.2) is 5.82 Å². The quantitative estimate of drug-likeness (QED) is 0.0729. The lowest BCUT2D eigenvalue weighted by atomic mass is 10.0. The Morgan fingerprint density at radius 3 is 2.10 bits per heavy atom. The third kappa shape index (κ3) is 13.8. The summed E-state index contributed by atoms with van der Waals surface area (Å²) in [5, 5.41) is 0. The van der Waals surface area contributed by atoms with Gasteiger partial charge in [-0.3, -0.25) is 14.3 Å². The topological polar surface area (TPSA) is 177 Å². The molecule has 1 saturated heterocycles. The van der Waals surface area contributed by atoms with Gasteiger partial charge < -0.3 is 38.1 Å². The van der Waals surface area contributed by atoms with Gasteiger partial charge in [-0.15, -0.1) is 0 Å². The standard InChI is InChI=1S/C42H57F2N7O9S/c1-6-25-61(54,55)48-34-8-7-33(43)41(39(34)44)51-28-32(30-26-45-29-46-27-30)40-35(51)9-10-36(47-40)49(5)31-11-15-50(16-12-31)37(52)13-17-56-19-21-58-23-24-59-22-20-57-18-14-38(53)60-42(2,3)4/h7-10,26-29,31,48H,6,11-25H2,1-5H3. The highest BCUT2D eigenvalue weighted by Crippen LogP contribution is 2.36. The smallest absolute Gasteiger partial charge is 0.308 e. The number of nitrogens with zero attached hydrogens (tertiary/aromatic N) is 6. The summed E-state index contributed by atoms with van der Waals surface area (Å²) in [6, 6.07) is 5.65. The van der Waals surface area contributed by atoms with Gasteiger partial charge in [-0.2, -0.15) is 0 Å². The fraction of sp³-hybridized carbons (Fsp3) is 0.548. The number of sulfonamides is 1. The molecular weight excluding hydrogens is 817 g/mol. The number of rotatable bonds is 23. The van der Waals surface area contributed by atoms with E-state index in [1.807, 2.05) is 37.6 Å². The minimum Gasteiger partial charge on any atom is -0.460 e. The number of benzene rings is 1. The molecule has 4 heterocycles. The van der Waals surface area contributed by atoms with Gasteiger partial charge in [-0.25, -0.2) is 32.2 Å². The molecule has 0 bridgehead atoms. The van der Waals surface area contributed by atoms with Crippen LogP contribution in [0.15, 0.2) is 49.2 Å². The van der Waals surface area contributed by atoms with Crippen molar-refractivity contribution in [2.45, 2.75) is 71.4 Å². The number of amides is 1. The second-order valence-electron chi connectivity index (χ2n) is 15.5. The van der Waals surface area contributed by atoms with Crippen LogP contribution in [0.3, 0.4) is 0 Å². The fourth-order valence-corrected chi connectivity index (χ4v) is 7.90. The molecule has 3 aromatic heterocycles. The molecule has 0 atom stereocenters. The van der Waals surface area contributed by atoms with E-state index in [0.717, 1.165) is 12.1 Å². The Morgan fingerprint density at radius 2 is 1.49 bits per heavy atom. The van der Waals surface area contributed by atoms with E-state index in [-0.39, 0.29) is 55.4 Å². The highest BCUT2D eigenvalue weighted by Gasteiger charge is 2.28. The van der Waals surface area contributed by atoms with Gasteiger partial charge >= 0.3 is 5.97 Å². The molecule has 61 heavy (non-hydrogen) atoms. The number of ether oxygens (including phenoxy) is 5. The van der Waals surface area contributed by atoms with Crippen molar-refractivity contribution in [3.05, 3.63) is 60.8 Å². The van der Waals surface area contributed by atoms with Crippen LogP contribution in [0, 0.1) is 11.6 Å². The number of pyridine rings is 1. The molecule has 5 rings (SSSR count). The van der Waals surface area contributed by atoms with Gasteiger partial charge in [-0.05, 0) is 64.3 Å². The summed E-state index contributed by atoms with van der Waals surface area (Å²) in [6.45, 7) is 11.1. The van der Waals surface area contributed by atoms with E-state index in [0.29, 0.717) is 100.0 Å². The van der Waals surface area contributed by atoms with Crippen molar-refractivity contribution < 1.29 is 50.5 Å².